The van der Waals surface area contributed by atoms with E-state index in [1.807, 2.05) is 25.1 Å². The lowest BCUT2D eigenvalue weighted by molar-refractivity contribution is -0.120. The molecule has 0 spiro atoms. The summed E-state index contributed by atoms with van der Waals surface area (Å²) in [6.07, 6.45) is 1.39. The van der Waals surface area contributed by atoms with Gasteiger partial charge in [0.15, 0.2) is 0 Å². The quantitative estimate of drug-likeness (QED) is 0.665. The van der Waals surface area contributed by atoms with Gasteiger partial charge in [-0.3, -0.25) is 4.79 Å². The molecule has 0 saturated carbocycles. The highest BCUT2D eigenvalue weighted by molar-refractivity contribution is 14.1. The van der Waals surface area contributed by atoms with Crippen LogP contribution >= 0.6 is 33.9 Å². The molecule has 0 bridgehead atoms. The lowest BCUT2D eigenvalue weighted by Crippen LogP contribution is -2.43. The van der Waals surface area contributed by atoms with Crippen LogP contribution in [0.4, 0.5) is 5.69 Å². The van der Waals surface area contributed by atoms with Crippen LogP contribution in [0.15, 0.2) is 39.9 Å². The molecule has 134 valence electrons. The van der Waals surface area contributed by atoms with Crippen molar-refractivity contribution in [2.45, 2.75) is 24.0 Å². The van der Waals surface area contributed by atoms with Gasteiger partial charge in [-0.1, -0.05) is 6.07 Å². The van der Waals surface area contributed by atoms with E-state index in [0.717, 1.165) is 14.8 Å². The molecule has 1 atom stereocenters. The fourth-order valence-electron chi connectivity index (χ4n) is 2.91. The maximum absolute atomic E-state index is 12.7. The summed E-state index contributed by atoms with van der Waals surface area (Å²) in [4.78, 5) is 12.6. The Morgan fingerprint density at radius 1 is 1.36 bits per heavy atom. The van der Waals surface area contributed by atoms with Crippen molar-refractivity contribution >= 4 is 55.5 Å². The molecule has 0 aliphatic carbocycles. The van der Waals surface area contributed by atoms with Crippen molar-refractivity contribution < 1.29 is 13.2 Å². The molecule has 25 heavy (non-hydrogen) atoms. The summed E-state index contributed by atoms with van der Waals surface area (Å²) in [7, 11) is -3.50. The molecule has 1 amide bonds. The Morgan fingerprint density at radius 2 is 2.16 bits per heavy atom. The summed E-state index contributed by atoms with van der Waals surface area (Å²) in [5, 5.41) is 4.70. The van der Waals surface area contributed by atoms with Crippen molar-refractivity contribution in [3.05, 3.63) is 44.8 Å². The molecule has 1 aromatic carbocycles. The summed E-state index contributed by atoms with van der Waals surface area (Å²) < 4.78 is 28.2. The van der Waals surface area contributed by atoms with E-state index in [0.29, 0.717) is 23.6 Å². The fraction of sp³-hybridized carbons (Fsp3) is 0.353. The van der Waals surface area contributed by atoms with Gasteiger partial charge in [0, 0.05) is 22.3 Å². The lowest BCUT2D eigenvalue weighted by atomic mass is 9.98. The number of hydrogen-bond acceptors (Lipinski definition) is 4. The van der Waals surface area contributed by atoms with E-state index in [-0.39, 0.29) is 18.4 Å². The number of piperidine rings is 1. The summed E-state index contributed by atoms with van der Waals surface area (Å²) in [5.74, 6) is -0.447. The minimum absolute atomic E-state index is 0.115. The standard InChI is InChI=1S/C17H19IN2O3S2/c1-12-10-14(18)6-7-15(12)19-17(21)13-4-2-8-20(11-13)25(22,23)16-5-3-9-24-16/h3,5-7,9-10,13H,2,4,8,11H2,1H3,(H,19,21)/t13-/m0/s1. The number of anilines is 1. The van der Waals surface area contributed by atoms with E-state index in [9.17, 15) is 13.2 Å². The Labute approximate surface area is 165 Å². The number of carbonyl (C=O) groups excluding carboxylic acids is 1. The Hall–Kier alpha value is -0.970. The first-order valence-corrected chi connectivity index (χ1v) is 11.4. The lowest BCUT2D eigenvalue weighted by Gasteiger charge is -2.30. The maximum atomic E-state index is 12.7. The van der Waals surface area contributed by atoms with E-state index < -0.39 is 10.0 Å². The van der Waals surface area contributed by atoms with Crippen LogP contribution in [0.1, 0.15) is 18.4 Å². The first-order valence-electron chi connectivity index (χ1n) is 7.98. The molecule has 5 nitrogen and oxygen atoms in total. The zero-order valence-electron chi connectivity index (χ0n) is 13.7. The summed E-state index contributed by atoms with van der Waals surface area (Å²) >= 11 is 3.44. The first kappa shape index (κ1) is 18.8. The van der Waals surface area contributed by atoms with Crippen LogP contribution in [0.3, 0.4) is 0 Å². The van der Waals surface area contributed by atoms with Gasteiger partial charge in [-0.2, -0.15) is 4.31 Å². The largest absolute Gasteiger partial charge is 0.326 e. The number of benzene rings is 1. The molecule has 3 rings (SSSR count). The molecule has 1 N–H and O–H groups in total. The SMILES string of the molecule is Cc1cc(I)ccc1NC(=O)[C@H]1CCCN(S(=O)(=O)c2cccs2)C1. The minimum Gasteiger partial charge on any atom is -0.326 e. The van der Waals surface area contributed by atoms with Crippen molar-refractivity contribution in [1.82, 2.24) is 4.31 Å². The van der Waals surface area contributed by atoms with Crippen LogP contribution in [-0.2, 0) is 14.8 Å². The molecule has 0 unspecified atom stereocenters. The number of sulfonamides is 1. The summed E-state index contributed by atoms with van der Waals surface area (Å²) in [5.41, 5.74) is 1.78. The average molecular weight is 490 g/mol. The normalized spacial score (nSPS) is 18.9. The zero-order chi connectivity index (χ0) is 18.0. The van der Waals surface area contributed by atoms with E-state index in [1.165, 1.54) is 15.6 Å². The molecule has 1 saturated heterocycles. The maximum Gasteiger partial charge on any atom is 0.252 e. The Balaban J connectivity index is 1.72. The summed E-state index contributed by atoms with van der Waals surface area (Å²) in [6.45, 7) is 2.65. The van der Waals surface area contributed by atoms with E-state index in [4.69, 9.17) is 0 Å². The Morgan fingerprint density at radius 3 is 2.84 bits per heavy atom. The van der Waals surface area contributed by atoms with Gasteiger partial charge in [-0.25, -0.2) is 8.42 Å². The third kappa shape index (κ3) is 4.24. The molecule has 2 heterocycles. The van der Waals surface area contributed by atoms with Crippen molar-refractivity contribution in [3.8, 4) is 0 Å². The van der Waals surface area contributed by atoms with E-state index >= 15 is 0 Å². The average Bonchev–Trinajstić information content (AvgIpc) is 3.13. The third-order valence-electron chi connectivity index (χ3n) is 4.29. The molecule has 0 radical (unpaired) electrons. The second-order valence-corrected chi connectivity index (χ2v) is 10.4. The first-order chi connectivity index (χ1) is 11.9. The molecular weight excluding hydrogens is 471 g/mol. The predicted molar refractivity (Wildman–Crippen MR) is 108 cm³/mol. The third-order valence-corrected chi connectivity index (χ3v) is 8.20. The van der Waals surface area contributed by atoms with Crippen LogP contribution in [0, 0.1) is 16.4 Å². The predicted octanol–water partition coefficient (Wildman–Crippen LogP) is 3.70. The smallest absolute Gasteiger partial charge is 0.252 e. The van der Waals surface area contributed by atoms with Crippen LogP contribution in [0.25, 0.3) is 0 Å². The Kier molecular flexibility index (Phi) is 5.81. The number of amides is 1. The highest BCUT2D eigenvalue weighted by Crippen LogP contribution is 2.27. The van der Waals surface area contributed by atoms with Crippen LogP contribution in [0.2, 0.25) is 0 Å². The Bertz CT molecular complexity index is 866. The summed E-state index contributed by atoms with van der Waals surface area (Å²) in [6, 6.07) is 9.17. The number of thiophene rings is 1. The number of nitrogens with zero attached hydrogens (tertiary/aromatic N) is 1. The van der Waals surface area contributed by atoms with Gasteiger partial charge in [-0.05, 0) is 77.6 Å². The minimum atomic E-state index is -3.50. The zero-order valence-corrected chi connectivity index (χ0v) is 17.5. The highest BCUT2D eigenvalue weighted by Gasteiger charge is 2.33. The number of nitrogens with one attached hydrogen (secondary N) is 1. The highest BCUT2D eigenvalue weighted by atomic mass is 127. The number of rotatable bonds is 4. The van der Waals surface area contributed by atoms with E-state index in [2.05, 4.69) is 27.9 Å². The molecule has 2 aromatic rings. The topological polar surface area (TPSA) is 66.5 Å². The van der Waals surface area contributed by atoms with Gasteiger partial charge in [-0.15, -0.1) is 11.3 Å². The van der Waals surface area contributed by atoms with Gasteiger partial charge in [0.25, 0.3) is 10.0 Å². The fourth-order valence-corrected chi connectivity index (χ4v) is 6.23. The van der Waals surface area contributed by atoms with Crippen molar-refractivity contribution in [3.63, 3.8) is 0 Å². The molecule has 1 aliphatic rings. The molecule has 1 aromatic heterocycles. The van der Waals surface area contributed by atoms with Gasteiger partial charge >= 0.3 is 0 Å². The number of hydrogen-bond donors (Lipinski definition) is 1. The van der Waals surface area contributed by atoms with E-state index in [1.54, 1.807) is 17.5 Å². The second-order valence-electron chi connectivity index (χ2n) is 6.08. The van der Waals surface area contributed by atoms with Crippen LogP contribution in [-0.4, -0.2) is 31.7 Å². The van der Waals surface area contributed by atoms with Gasteiger partial charge < -0.3 is 5.32 Å². The number of aryl methyl sites for hydroxylation is 1. The van der Waals surface area contributed by atoms with Gasteiger partial charge in [0.2, 0.25) is 5.91 Å². The van der Waals surface area contributed by atoms with Crippen LogP contribution < -0.4 is 5.32 Å². The van der Waals surface area contributed by atoms with Gasteiger partial charge in [0.1, 0.15) is 4.21 Å². The molecular formula is C17H19IN2O3S2. The van der Waals surface area contributed by atoms with Crippen LogP contribution in [0.5, 0.6) is 0 Å². The number of carbonyl (C=O) groups is 1. The van der Waals surface area contributed by atoms with Crippen molar-refractivity contribution in [1.29, 1.82) is 0 Å². The monoisotopic (exact) mass is 490 g/mol. The van der Waals surface area contributed by atoms with Gasteiger partial charge in [0.05, 0.1) is 5.92 Å². The molecule has 1 aliphatic heterocycles. The number of halogens is 1. The molecule has 1 fully saturated rings. The van der Waals surface area contributed by atoms with Crippen molar-refractivity contribution in [2.24, 2.45) is 5.92 Å². The van der Waals surface area contributed by atoms with Crippen molar-refractivity contribution in [2.75, 3.05) is 18.4 Å². The second kappa shape index (κ2) is 7.73. The molecule has 8 heteroatoms.